The minimum Gasteiger partial charge on any atom is -0.356 e. The topological polar surface area (TPSA) is 95.6 Å². The summed E-state index contributed by atoms with van der Waals surface area (Å²) in [5.41, 5.74) is 0.867. The first kappa shape index (κ1) is 19.4. The van der Waals surface area contributed by atoms with Gasteiger partial charge >= 0.3 is 0 Å². The monoisotopic (exact) mass is 367 g/mol. The molecule has 0 aliphatic carbocycles. The summed E-state index contributed by atoms with van der Waals surface area (Å²) < 4.78 is 24.8. The molecule has 0 spiro atoms. The fourth-order valence-corrected chi connectivity index (χ4v) is 3.28. The highest BCUT2D eigenvalue weighted by Crippen LogP contribution is 2.25. The average Bonchev–Trinajstić information content (AvgIpc) is 2.58. The zero-order chi connectivity index (χ0) is 18.3. The Hall–Kier alpha value is -1.93. The van der Waals surface area contributed by atoms with E-state index >= 15 is 0 Å². The van der Waals surface area contributed by atoms with Crippen LogP contribution < -0.4 is 10.0 Å². The normalized spacial score (nSPS) is 20.0. The highest BCUT2D eigenvalue weighted by molar-refractivity contribution is 7.88. The highest BCUT2D eigenvalue weighted by atomic mass is 32.2. The minimum absolute atomic E-state index is 0.107. The first-order valence-corrected chi connectivity index (χ1v) is 10.3. The van der Waals surface area contributed by atoms with Crippen molar-refractivity contribution < 1.29 is 18.0 Å². The van der Waals surface area contributed by atoms with Gasteiger partial charge in [0.15, 0.2) is 0 Å². The van der Waals surface area contributed by atoms with Gasteiger partial charge < -0.3 is 10.2 Å². The number of carbonyl (C=O) groups is 2. The molecule has 1 aliphatic rings. The molecular formula is C17H25N3O4S. The van der Waals surface area contributed by atoms with E-state index in [2.05, 4.69) is 10.0 Å². The summed E-state index contributed by atoms with van der Waals surface area (Å²) in [7, 11) is -3.46. The maximum atomic E-state index is 12.7. The quantitative estimate of drug-likeness (QED) is 0.823. The molecule has 1 unspecified atom stereocenters. The second kappa shape index (κ2) is 8.96. The Balaban J connectivity index is 2.26. The van der Waals surface area contributed by atoms with Gasteiger partial charge in [-0.1, -0.05) is 30.3 Å². The molecule has 1 saturated heterocycles. The number of amides is 2. The van der Waals surface area contributed by atoms with E-state index in [1.165, 1.54) is 0 Å². The summed E-state index contributed by atoms with van der Waals surface area (Å²) in [6.07, 6.45) is 3.75. The number of nitrogens with one attached hydrogen (secondary N) is 2. The Bertz CT molecular complexity index is 691. The van der Waals surface area contributed by atoms with Gasteiger partial charge in [-0.2, -0.15) is 0 Å². The molecular weight excluding hydrogens is 342 g/mol. The maximum Gasteiger partial charge on any atom is 0.238 e. The number of sulfonamides is 1. The molecule has 0 bridgehead atoms. The average molecular weight is 367 g/mol. The van der Waals surface area contributed by atoms with Crippen molar-refractivity contribution in [3.63, 3.8) is 0 Å². The Labute approximate surface area is 148 Å². The zero-order valence-electron chi connectivity index (χ0n) is 14.4. The number of rotatable bonds is 4. The van der Waals surface area contributed by atoms with E-state index in [4.69, 9.17) is 0 Å². The second-order valence-corrected chi connectivity index (χ2v) is 8.05. The number of hydrogen-bond donors (Lipinski definition) is 2. The van der Waals surface area contributed by atoms with Crippen LogP contribution in [0.25, 0.3) is 0 Å². The van der Waals surface area contributed by atoms with Crippen LogP contribution in [-0.2, 0) is 19.6 Å². The third-order valence-corrected chi connectivity index (χ3v) is 4.81. The Morgan fingerprint density at radius 1 is 1.24 bits per heavy atom. The van der Waals surface area contributed by atoms with E-state index in [9.17, 15) is 18.0 Å². The standard InChI is InChI=1S/C17H25N3O4S/c1-25(23,24)19-13-17(22)20-11-7-3-6-10-18-16(21)12-15(20)14-8-4-2-5-9-14/h2,4-5,8-9,15,19H,3,6-7,10-13H2,1H3,(H,18,21). The predicted octanol–water partition coefficient (Wildman–Crippen LogP) is 0.796. The van der Waals surface area contributed by atoms with E-state index in [1.54, 1.807) is 4.90 Å². The Morgan fingerprint density at radius 2 is 1.96 bits per heavy atom. The van der Waals surface area contributed by atoms with Crippen LogP contribution in [0.3, 0.4) is 0 Å². The SMILES string of the molecule is CS(=O)(=O)NCC(=O)N1CCCCCNC(=O)CC1c1ccccc1. The van der Waals surface area contributed by atoms with Crippen LogP contribution >= 0.6 is 0 Å². The van der Waals surface area contributed by atoms with Gasteiger partial charge in [-0.05, 0) is 24.8 Å². The third kappa shape index (κ3) is 6.47. The molecule has 1 aromatic carbocycles. The van der Waals surface area contributed by atoms with Gasteiger partial charge in [0, 0.05) is 13.1 Å². The van der Waals surface area contributed by atoms with Crippen molar-refractivity contribution in [3.05, 3.63) is 35.9 Å². The summed E-state index contributed by atoms with van der Waals surface area (Å²) >= 11 is 0. The van der Waals surface area contributed by atoms with E-state index in [-0.39, 0.29) is 24.8 Å². The van der Waals surface area contributed by atoms with Crippen molar-refractivity contribution in [1.29, 1.82) is 0 Å². The molecule has 0 aromatic heterocycles. The van der Waals surface area contributed by atoms with Crippen LogP contribution in [0, 0.1) is 0 Å². The maximum absolute atomic E-state index is 12.7. The molecule has 2 amide bonds. The van der Waals surface area contributed by atoms with Gasteiger partial charge in [-0.15, -0.1) is 0 Å². The van der Waals surface area contributed by atoms with Crippen molar-refractivity contribution in [2.24, 2.45) is 0 Å². The fourth-order valence-electron chi connectivity index (χ4n) is 2.89. The van der Waals surface area contributed by atoms with E-state index in [0.717, 1.165) is 31.1 Å². The summed E-state index contributed by atoms with van der Waals surface area (Å²) in [4.78, 5) is 26.5. The van der Waals surface area contributed by atoms with Gasteiger partial charge in [0.25, 0.3) is 0 Å². The van der Waals surface area contributed by atoms with Gasteiger partial charge in [0.1, 0.15) is 0 Å². The molecule has 0 radical (unpaired) electrons. The molecule has 2 N–H and O–H groups in total. The van der Waals surface area contributed by atoms with Crippen LogP contribution in [0.2, 0.25) is 0 Å². The van der Waals surface area contributed by atoms with Crippen molar-refractivity contribution in [2.45, 2.75) is 31.7 Å². The lowest BCUT2D eigenvalue weighted by Crippen LogP contribution is -2.44. The van der Waals surface area contributed by atoms with Crippen LogP contribution in [0.15, 0.2) is 30.3 Å². The third-order valence-electron chi connectivity index (χ3n) is 4.14. The number of carbonyl (C=O) groups excluding carboxylic acids is 2. The molecule has 1 heterocycles. The van der Waals surface area contributed by atoms with Crippen molar-refractivity contribution in [2.75, 3.05) is 25.9 Å². The molecule has 25 heavy (non-hydrogen) atoms. The second-order valence-electron chi connectivity index (χ2n) is 6.22. The Morgan fingerprint density at radius 3 is 2.64 bits per heavy atom. The van der Waals surface area contributed by atoms with Crippen LogP contribution in [-0.4, -0.2) is 51.0 Å². The predicted molar refractivity (Wildman–Crippen MR) is 95.2 cm³/mol. The summed E-state index contributed by atoms with van der Waals surface area (Å²) in [5, 5.41) is 2.88. The van der Waals surface area contributed by atoms with Crippen molar-refractivity contribution in [3.8, 4) is 0 Å². The van der Waals surface area contributed by atoms with Crippen LogP contribution in [0.4, 0.5) is 0 Å². The first-order chi connectivity index (χ1) is 11.9. The largest absolute Gasteiger partial charge is 0.356 e. The Kier molecular flexibility index (Phi) is 6.95. The first-order valence-electron chi connectivity index (χ1n) is 8.42. The lowest BCUT2D eigenvalue weighted by atomic mass is 10.00. The molecule has 1 atom stereocenters. The molecule has 2 rings (SSSR count). The molecule has 1 fully saturated rings. The number of benzene rings is 1. The minimum atomic E-state index is -3.46. The number of nitrogens with zero attached hydrogens (tertiary/aromatic N) is 1. The molecule has 1 aromatic rings. The van der Waals surface area contributed by atoms with Gasteiger partial charge in [0.05, 0.1) is 25.3 Å². The fraction of sp³-hybridized carbons (Fsp3) is 0.529. The van der Waals surface area contributed by atoms with Gasteiger partial charge in [-0.25, -0.2) is 13.1 Å². The van der Waals surface area contributed by atoms with Crippen molar-refractivity contribution >= 4 is 21.8 Å². The van der Waals surface area contributed by atoms with Crippen LogP contribution in [0.5, 0.6) is 0 Å². The van der Waals surface area contributed by atoms with E-state index < -0.39 is 16.1 Å². The highest BCUT2D eigenvalue weighted by Gasteiger charge is 2.28. The van der Waals surface area contributed by atoms with E-state index in [0.29, 0.717) is 13.1 Å². The zero-order valence-corrected chi connectivity index (χ0v) is 15.2. The smallest absolute Gasteiger partial charge is 0.238 e. The summed E-state index contributed by atoms with van der Waals surface area (Å²) in [6.45, 7) is 0.838. The lowest BCUT2D eigenvalue weighted by Gasteiger charge is -2.33. The molecule has 8 heteroatoms. The van der Waals surface area contributed by atoms with Gasteiger partial charge in [-0.3, -0.25) is 9.59 Å². The molecule has 1 aliphatic heterocycles. The van der Waals surface area contributed by atoms with Crippen molar-refractivity contribution in [1.82, 2.24) is 14.9 Å². The summed E-state index contributed by atoms with van der Waals surface area (Å²) in [6, 6.07) is 8.96. The van der Waals surface area contributed by atoms with Crippen LogP contribution in [0.1, 0.15) is 37.3 Å². The van der Waals surface area contributed by atoms with Gasteiger partial charge in [0.2, 0.25) is 21.8 Å². The molecule has 138 valence electrons. The molecule has 7 nitrogen and oxygen atoms in total. The van der Waals surface area contributed by atoms with E-state index in [1.807, 2.05) is 30.3 Å². The lowest BCUT2D eigenvalue weighted by molar-refractivity contribution is -0.134. The number of hydrogen-bond acceptors (Lipinski definition) is 4. The summed E-state index contributed by atoms with van der Waals surface area (Å²) in [5.74, 6) is -0.433. The molecule has 0 saturated carbocycles.